The van der Waals surface area contributed by atoms with Crippen molar-refractivity contribution in [3.8, 4) is 0 Å². The van der Waals surface area contributed by atoms with Gasteiger partial charge in [0.05, 0.1) is 23.5 Å². The van der Waals surface area contributed by atoms with E-state index in [1.165, 1.54) is 0 Å². The van der Waals surface area contributed by atoms with Crippen LogP contribution in [-0.2, 0) is 0 Å². The second kappa shape index (κ2) is 4.33. The molecule has 4 N–H and O–H groups in total. The van der Waals surface area contributed by atoms with Gasteiger partial charge in [-0.1, -0.05) is 19.1 Å². The first-order valence-corrected chi connectivity index (χ1v) is 4.85. The number of anilines is 2. The number of aliphatic hydroxyl groups is 1. The van der Waals surface area contributed by atoms with Crippen molar-refractivity contribution >= 4 is 11.4 Å². The van der Waals surface area contributed by atoms with Crippen LogP contribution in [0.4, 0.5) is 11.4 Å². The first kappa shape index (κ1) is 10.9. The van der Waals surface area contributed by atoms with Crippen molar-refractivity contribution < 1.29 is 5.11 Å². The molecule has 1 aromatic carbocycles. The molecule has 3 heteroatoms. The van der Waals surface area contributed by atoms with Crippen molar-refractivity contribution in [2.24, 2.45) is 0 Å². The summed E-state index contributed by atoms with van der Waals surface area (Å²) < 4.78 is 0. The summed E-state index contributed by atoms with van der Waals surface area (Å²) in [7, 11) is 0. The average Bonchev–Trinajstić information content (AvgIpc) is 2.21. The third-order valence-electron chi connectivity index (χ3n) is 2.53. The van der Waals surface area contributed by atoms with E-state index in [0.717, 1.165) is 12.1 Å². The maximum absolute atomic E-state index is 9.23. The summed E-state index contributed by atoms with van der Waals surface area (Å²) >= 11 is 0. The summed E-state index contributed by atoms with van der Waals surface area (Å²) in [6.45, 7) is 4.10. The van der Waals surface area contributed by atoms with E-state index in [4.69, 9.17) is 5.73 Å². The maximum atomic E-state index is 9.23. The number of nitrogens with one attached hydrogen (secondary N) is 1. The quantitative estimate of drug-likeness (QED) is 0.641. The lowest BCUT2D eigenvalue weighted by Crippen LogP contribution is -2.38. The molecular weight excluding hydrogens is 176 g/mol. The lowest BCUT2D eigenvalue weighted by molar-refractivity contribution is 0.219. The van der Waals surface area contributed by atoms with E-state index in [2.05, 4.69) is 5.32 Å². The first-order valence-electron chi connectivity index (χ1n) is 4.85. The Kier molecular flexibility index (Phi) is 3.36. The molecule has 0 saturated carbocycles. The second-order valence-corrected chi connectivity index (χ2v) is 3.78. The molecule has 0 radical (unpaired) electrons. The molecule has 0 fully saturated rings. The third kappa shape index (κ3) is 2.39. The van der Waals surface area contributed by atoms with Gasteiger partial charge in [-0.3, -0.25) is 0 Å². The number of benzene rings is 1. The Morgan fingerprint density at radius 2 is 2.07 bits per heavy atom. The van der Waals surface area contributed by atoms with Crippen LogP contribution in [0.3, 0.4) is 0 Å². The van der Waals surface area contributed by atoms with Crippen LogP contribution in [0.15, 0.2) is 24.3 Å². The highest BCUT2D eigenvalue weighted by Gasteiger charge is 2.20. The lowest BCUT2D eigenvalue weighted by Gasteiger charge is -2.29. The molecule has 0 saturated heterocycles. The van der Waals surface area contributed by atoms with Gasteiger partial charge >= 0.3 is 0 Å². The minimum Gasteiger partial charge on any atom is -0.397 e. The van der Waals surface area contributed by atoms with E-state index < -0.39 is 0 Å². The number of nitrogens with two attached hydrogens (primary N) is 1. The molecule has 0 bridgehead atoms. The Morgan fingerprint density at radius 1 is 1.43 bits per heavy atom. The van der Waals surface area contributed by atoms with Crippen LogP contribution in [0.1, 0.15) is 20.3 Å². The fourth-order valence-corrected chi connectivity index (χ4v) is 1.18. The van der Waals surface area contributed by atoms with E-state index in [0.29, 0.717) is 5.69 Å². The smallest absolute Gasteiger partial charge is 0.0658 e. The summed E-state index contributed by atoms with van der Waals surface area (Å²) in [6.07, 6.45) is 0.845. The van der Waals surface area contributed by atoms with E-state index in [1.54, 1.807) is 0 Å². The summed E-state index contributed by atoms with van der Waals surface area (Å²) in [4.78, 5) is 0. The normalized spacial score (nSPS) is 14.8. The zero-order valence-electron chi connectivity index (χ0n) is 8.75. The Balaban J connectivity index is 2.82. The Bertz CT molecular complexity index is 295. The van der Waals surface area contributed by atoms with Gasteiger partial charge in [0.25, 0.3) is 0 Å². The van der Waals surface area contributed by atoms with Gasteiger partial charge in [-0.25, -0.2) is 0 Å². The molecule has 1 atom stereocenters. The number of rotatable bonds is 4. The third-order valence-corrected chi connectivity index (χ3v) is 2.53. The number of hydrogen-bond acceptors (Lipinski definition) is 3. The molecule has 0 aliphatic carbocycles. The topological polar surface area (TPSA) is 58.3 Å². The van der Waals surface area contributed by atoms with Crippen molar-refractivity contribution in [2.75, 3.05) is 17.7 Å². The molecular formula is C11H18N2O. The van der Waals surface area contributed by atoms with Crippen LogP contribution in [0.25, 0.3) is 0 Å². The molecule has 1 rings (SSSR count). The van der Waals surface area contributed by atoms with Gasteiger partial charge in [0, 0.05) is 0 Å². The molecule has 3 nitrogen and oxygen atoms in total. The minimum absolute atomic E-state index is 0.0951. The summed E-state index contributed by atoms with van der Waals surface area (Å²) in [6, 6.07) is 7.57. The zero-order valence-corrected chi connectivity index (χ0v) is 8.75. The van der Waals surface area contributed by atoms with Crippen molar-refractivity contribution in [3.63, 3.8) is 0 Å². The van der Waals surface area contributed by atoms with Gasteiger partial charge in [-0.2, -0.15) is 0 Å². The van der Waals surface area contributed by atoms with E-state index in [9.17, 15) is 5.11 Å². The predicted molar refractivity (Wildman–Crippen MR) is 60.3 cm³/mol. The van der Waals surface area contributed by atoms with Crippen LogP contribution < -0.4 is 11.1 Å². The van der Waals surface area contributed by atoms with Crippen LogP contribution in [0.2, 0.25) is 0 Å². The fraction of sp³-hybridized carbons (Fsp3) is 0.455. The number of hydrogen-bond donors (Lipinski definition) is 3. The lowest BCUT2D eigenvalue weighted by atomic mass is 9.99. The summed E-state index contributed by atoms with van der Waals surface area (Å²) in [5.41, 5.74) is 7.09. The van der Waals surface area contributed by atoms with E-state index in [-0.39, 0.29) is 12.1 Å². The summed E-state index contributed by atoms with van der Waals surface area (Å²) in [5.74, 6) is 0. The van der Waals surface area contributed by atoms with Gasteiger partial charge in [0.1, 0.15) is 0 Å². The van der Waals surface area contributed by atoms with Crippen LogP contribution in [0, 0.1) is 0 Å². The molecule has 0 aliphatic rings. The Hall–Kier alpha value is -1.22. The van der Waals surface area contributed by atoms with Gasteiger partial charge in [0.2, 0.25) is 0 Å². The highest BCUT2D eigenvalue weighted by atomic mass is 16.3. The van der Waals surface area contributed by atoms with Crippen molar-refractivity contribution in [2.45, 2.75) is 25.8 Å². The van der Waals surface area contributed by atoms with Crippen LogP contribution >= 0.6 is 0 Å². The molecule has 1 aromatic rings. The molecule has 0 spiro atoms. The minimum atomic E-state index is -0.296. The van der Waals surface area contributed by atoms with Gasteiger partial charge in [-0.05, 0) is 25.5 Å². The summed E-state index contributed by atoms with van der Waals surface area (Å²) in [5, 5.41) is 12.5. The van der Waals surface area contributed by atoms with Crippen molar-refractivity contribution in [1.29, 1.82) is 0 Å². The molecule has 0 aromatic heterocycles. The van der Waals surface area contributed by atoms with Crippen molar-refractivity contribution in [1.82, 2.24) is 0 Å². The van der Waals surface area contributed by atoms with Gasteiger partial charge < -0.3 is 16.2 Å². The average molecular weight is 194 g/mol. The Morgan fingerprint density at radius 3 is 2.57 bits per heavy atom. The molecule has 0 aliphatic heterocycles. The zero-order chi connectivity index (χ0) is 10.6. The molecule has 0 amide bonds. The van der Waals surface area contributed by atoms with Gasteiger partial charge in [0.15, 0.2) is 0 Å². The van der Waals surface area contributed by atoms with Gasteiger partial charge in [-0.15, -0.1) is 0 Å². The van der Waals surface area contributed by atoms with Crippen LogP contribution in [-0.4, -0.2) is 17.3 Å². The Labute approximate surface area is 84.9 Å². The SMILES string of the molecule is CCC(C)(CO)Nc1ccccc1N. The fourth-order valence-electron chi connectivity index (χ4n) is 1.18. The largest absolute Gasteiger partial charge is 0.397 e. The standard InChI is InChI=1S/C11H18N2O/c1-3-11(2,8-14)13-10-7-5-4-6-9(10)12/h4-7,13-14H,3,8,12H2,1-2H3. The predicted octanol–water partition coefficient (Wildman–Crippen LogP) is 1.84. The van der Waals surface area contributed by atoms with Crippen LogP contribution in [0.5, 0.6) is 0 Å². The number of nitrogen functional groups attached to an aromatic ring is 1. The van der Waals surface area contributed by atoms with Crippen molar-refractivity contribution in [3.05, 3.63) is 24.3 Å². The molecule has 1 unspecified atom stereocenters. The monoisotopic (exact) mass is 194 g/mol. The highest BCUT2D eigenvalue weighted by Crippen LogP contribution is 2.23. The highest BCUT2D eigenvalue weighted by molar-refractivity contribution is 5.66. The number of para-hydroxylation sites is 2. The molecule has 14 heavy (non-hydrogen) atoms. The van der Waals surface area contributed by atoms with E-state index in [1.807, 2.05) is 38.1 Å². The maximum Gasteiger partial charge on any atom is 0.0658 e. The molecule has 78 valence electrons. The van der Waals surface area contributed by atoms with E-state index >= 15 is 0 Å². The molecule has 0 heterocycles. The first-order chi connectivity index (χ1) is 6.61. The second-order valence-electron chi connectivity index (χ2n) is 3.78. The number of aliphatic hydroxyl groups excluding tert-OH is 1.